The molecule has 0 radical (unpaired) electrons. The molecular formula is C27H32N2O7S. The third-order valence-corrected chi connectivity index (χ3v) is 7.24. The maximum Gasteiger partial charge on any atom is 0.328 e. The van der Waals surface area contributed by atoms with Crippen LogP contribution in [0.25, 0.3) is 0 Å². The largest absolute Gasteiger partial charge is 0.497 e. The Morgan fingerprint density at radius 3 is 2.32 bits per heavy atom. The SMILES string of the molecule is COC(=O)[C@@H]1CCC(c2ccccc2OC)N1C(=O)CNC(=O)C(Cc1ccc(OC)cc1)SC(C)=O. The van der Waals surface area contributed by atoms with Crippen molar-refractivity contribution in [2.45, 2.75) is 43.5 Å². The maximum absolute atomic E-state index is 13.4. The van der Waals surface area contributed by atoms with E-state index in [9.17, 15) is 19.2 Å². The summed E-state index contributed by atoms with van der Waals surface area (Å²) in [5.41, 5.74) is 1.63. The van der Waals surface area contributed by atoms with E-state index in [1.165, 1.54) is 18.9 Å². The zero-order valence-electron chi connectivity index (χ0n) is 21.4. The molecule has 1 N–H and O–H groups in total. The Balaban J connectivity index is 1.75. The van der Waals surface area contributed by atoms with E-state index >= 15 is 0 Å². The lowest BCUT2D eigenvalue weighted by atomic mass is 10.0. The summed E-state index contributed by atoms with van der Waals surface area (Å²) >= 11 is 0.910. The van der Waals surface area contributed by atoms with Gasteiger partial charge >= 0.3 is 5.97 Å². The third-order valence-electron chi connectivity index (χ3n) is 6.24. The molecule has 1 aliphatic heterocycles. The summed E-state index contributed by atoms with van der Waals surface area (Å²) in [6, 6.07) is 13.4. The monoisotopic (exact) mass is 528 g/mol. The van der Waals surface area contributed by atoms with E-state index in [1.54, 1.807) is 32.4 Å². The first kappa shape index (κ1) is 28.0. The molecule has 1 saturated heterocycles. The standard InChI is InChI=1S/C27H32N2O7S/c1-17(30)37-24(15-18-9-11-19(34-2)12-10-18)26(32)28-16-25(31)29-21(13-14-22(29)27(33)36-4)20-7-5-6-8-23(20)35-3/h5-12,21-22,24H,13-16H2,1-4H3,(H,28,32)/t21?,22-,24?/m0/s1. The minimum Gasteiger partial charge on any atom is -0.497 e. The Morgan fingerprint density at radius 1 is 1.00 bits per heavy atom. The fourth-order valence-corrected chi connectivity index (χ4v) is 5.37. The van der Waals surface area contributed by atoms with E-state index in [0.29, 0.717) is 30.8 Å². The summed E-state index contributed by atoms with van der Waals surface area (Å²) in [6.45, 7) is 1.07. The van der Waals surface area contributed by atoms with Crippen LogP contribution in [0.3, 0.4) is 0 Å². The van der Waals surface area contributed by atoms with Gasteiger partial charge in [0.25, 0.3) is 0 Å². The van der Waals surface area contributed by atoms with E-state index in [-0.39, 0.29) is 11.7 Å². The molecule has 1 fully saturated rings. The van der Waals surface area contributed by atoms with E-state index in [2.05, 4.69) is 5.32 Å². The number of amides is 2. The first-order valence-corrected chi connectivity index (χ1v) is 12.8. The Labute approximate surface area is 220 Å². The van der Waals surface area contributed by atoms with Gasteiger partial charge < -0.3 is 24.4 Å². The molecule has 1 heterocycles. The predicted molar refractivity (Wildman–Crippen MR) is 139 cm³/mol. The second-order valence-electron chi connectivity index (χ2n) is 8.54. The molecule has 2 amide bonds. The summed E-state index contributed by atoms with van der Waals surface area (Å²) in [7, 11) is 4.40. The van der Waals surface area contributed by atoms with Crippen LogP contribution in [0.4, 0.5) is 0 Å². The van der Waals surface area contributed by atoms with Crippen LogP contribution >= 0.6 is 11.8 Å². The highest BCUT2D eigenvalue weighted by molar-refractivity contribution is 8.14. The number of methoxy groups -OCH3 is 3. The van der Waals surface area contributed by atoms with Crippen molar-refractivity contribution in [2.75, 3.05) is 27.9 Å². The Kier molecular flexibility index (Phi) is 9.96. The van der Waals surface area contributed by atoms with Crippen molar-refractivity contribution in [3.8, 4) is 11.5 Å². The molecule has 0 aromatic heterocycles. The van der Waals surface area contributed by atoms with Gasteiger partial charge in [-0.15, -0.1) is 0 Å². The number of nitrogens with zero attached hydrogens (tertiary/aromatic N) is 1. The quantitative estimate of drug-likeness (QED) is 0.469. The highest BCUT2D eigenvalue weighted by Gasteiger charge is 2.43. The number of hydrogen-bond donors (Lipinski definition) is 1. The Bertz CT molecular complexity index is 1120. The lowest BCUT2D eigenvalue weighted by Gasteiger charge is -2.30. The topological polar surface area (TPSA) is 111 Å². The van der Waals surface area contributed by atoms with Crippen molar-refractivity contribution in [3.63, 3.8) is 0 Å². The first-order valence-electron chi connectivity index (χ1n) is 11.9. The predicted octanol–water partition coefficient (Wildman–Crippen LogP) is 2.92. The van der Waals surface area contributed by atoms with Gasteiger partial charge in [0.1, 0.15) is 17.5 Å². The van der Waals surface area contributed by atoms with Gasteiger partial charge in [0.2, 0.25) is 11.8 Å². The number of esters is 1. The van der Waals surface area contributed by atoms with E-state index in [1.807, 2.05) is 30.3 Å². The van der Waals surface area contributed by atoms with Gasteiger partial charge in [-0.1, -0.05) is 42.1 Å². The van der Waals surface area contributed by atoms with Crippen LogP contribution < -0.4 is 14.8 Å². The smallest absolute Gasteiger partial charge is 0.328 e. The molecule has 3 rings (SSSR count). The molecule has 0 bridgehead atoms. The van der Waals surface area contributed by atoms with Crippen LogP contribution in [0.1, 0.15) is 36.9 Å². The molecule has 0 spiro atoms. The van der Waals surface area contributed by atoms with Crippen molar-refractivity contribution in [1.82, 2.24) is 10.2 Å². The number of likely N-dealkylation sites (tertiary alicyclic amines) is 1. The zero-order chi connectivity index (χ0) is 26.9. The third kappa shape index (κ3) is 7.03. The Hall–Kier alpha value is -3.53. The average Bonchev–Trinajstić information content (AvgIpc) is 3.36. The second-order valence-corrected chi connectivity index (χ2v) is 9.92. The highest BCUT2D eigenvalue weighted by Crippen LogP contribution is 2.40. The molecule has 10 heteroatoms. The molecule has 2 unspecified atom stereocenters. The lowest BCUT2D eigenvalue weighted by Crippen LogP contribution is -2.48. The zero-order valence-corrected chi connectivity index (χ0v) is 22.2. The van der Waals surface area contributed by atoms with Crippen LogP contribution in [-0.2, 0) is 30.3 Å². The number of rotatable bonds is 10. The van der Waals surface area contributed by atoms with Gasteiger partial charge in [-0.25, -0.2) is 4.79 Å². The minimum atomic E-state index is -0.772. The van der Waals surface area contributed by atoms with E-state index < -0.39 is 35.1 Å². The molecule has 37 heavy (non-hydrogen) atoms. The first-order chi connectivity index (χ1) is 17.8. The van der Waals surface area contributed by atoms with E-state index in [4.69, 9.17) is 14.2 Å². The van der Waals surface area contributed by atoms with Crippen molar-refractivity contribution < 1.29 is 33.4 Å². The fourth-order valence-electron chi connectivity index (χ4n) is 4.51. The molecule has 3 atom stereocenters. The molecular weight excluding hydrogens is 496 g/mol. The van der Waals surface area contributed by atoms with Gasteiger partial charge in [-0.2, -0.15) is 0 Å². The summed E-state index contributed by atoms with van der Waals surface area (Å²) in [6.07, 6.45) is 1.27. The molecule has 198 valence electrons. The number of benzene rings is 2. The lowest BCUT2D eigenvalue weighted by molar-refractivity contribution is -0.152. The number of carbonyl (C=O) groups excluding carboxylic acids is 4. The minimum absolute atomic E-state index is 0.207. The fraction of sp³-hybridized carbons (Fsp3) is 0.407. The van der Waals surface area contributed by atoms with Crippen LogP contribution in [-0.4, -0.2) is 67.0 Å². The van der Waals surface area contributed by atoms with Gasteiger partial charge in [-0.3, -0.25) is 14.4 Å². The summed E-state index contributed by atoms with van der Waals surface area (Å²) < 4.78 is 15.6. The van der Waals surface area contributed by atoms with Crippen LogP contribution in [0, 0.1) is 0 Å². The Morgan fingerprint density at radius 2 is 1.70 bits per heavy atom. The van der Waals surface area contributed by atoms with Crippen LogP contribution in [0.15, 0.2) is 48.5 Å². The number of ether oxygens (including phenoxy) is 3. The summed E-state index contributed by atoms with van der Waals surface area (Å²) in [4.78, 5) is 52.3. The van der Waals surface area contributed by atoms with Crippen LogP contribution in [0.2, 0.25) is 0 Å². The normalized spacial score (nSPS) is 17.6. The van der Waals surface area contributed by atoms with Gasteiger partial charge in [-0.05, 0) is 43.0 Å². The maximum atomic E-state index is 13.4. The molecule has 9 nitrogen and oxygen atoms in total. The van der Waals surface area contributed by atoms with Gasteiger partial charge in [0.15, 0.2) is 5.12 Å². The molecule has 2 aromatic rings. The van der Waals surface area contributed by atoms with Crippen molar-refractivity contribution in [2.24, 2.45) is 0 Å². The number of hydrogen-bond acceptors (Lipinski definition) is 8. The van der Waals surface area contributed by atoms with Crippen molar-refractivity contribution >= 4 is 34.7 Å². The second kappa shape index (κ2) is 13.1. The molecule has 0 saturated carbocycles. The van der Waals surface area contributed by atoms with Gasteiger partial charge in [0.05, 0.1) is 39.2 Å². The average molecular weight is 529 g/mol. The summed E-state index contributed by atoms with van der Waals surface area (Å²) in [5, 5.41) is 1.74. The van der Waals surface area contributed by atoms with Crippen LogP contribution in [0.5, 0.6) is 11.5 Å². The summed E-state index contributed by atoms with van der Waals surface area (Å²) in [5.74, 6) is -0.0796. The number of carbonyl (C=O) groups is 4. The molecule has 0 aliphatic carbocycles. The van der Waals surface area contributed by atoms with Gasteiger partial charge in [0, 0.05) is 12.5 Å². The van der Waals surface area contributed by atoms with Crippen molar-refractivity contribution in [1.29, 1.82) is 0 Å². The highest BCUT2D eigenvalue weighted by atomic mass is 32.2. The molecule has 1 aliphatic rings. The van der Waals surface area contributed by atoms with E-state index in [0.717, 1.165) is 22.9 Å². The number of nitrogens with one attached hydrogen (secondary N) is 1. The molecule has 2 aromatic carbocycles. The van der Waals surface area contributed by atoms with Crippen molar-refractivity contribution in [3.05, 3.63) is 59.7 Å². The number of thioether (sulfide) groups is 1. The number of para-hydroxylation sites is 1.